The lowest BCUT2D eigenvalue weighted by atomic mass is 10.2. The molecule has 0 aliphatic carbocycles. The van der Waals surface area contributed by atoms with Crippen molar-refractivity contribution in [3.63, 3.8) is 0 Å². The highest BCUT2D eigenvalue weighted by molar-refractivity contribution is 14.0. The average molecular weight is 501 g/mol. The van der Waals surface area contributed by atoms with Crippen LogP contribution in [0, 0.1) is 0 Å². The number of nitrogens with zero attached hydrogens (tertiary/aromatic N) is 1. The van der Waals surface area contributed by atoms with E-state index in [0.29, 0.717) is 30.4 Å². The maximum Gasteiger partial charge on any atom is 0.191 e. The molecule has 0 spiro atoms. The van der Waals surface area contributed by atoms with Gasteiger partial charge in [0, 0.05) is 30.3 Å². The third-order valence-electron chi connectivity index (χ3n) is 3.98. The fraction of sp³-hybridized carbons (Fsp3) is 0.350. The Kier molecular flexibility index (Phi) is 10.3. The third kappa shape index (κ3) is 6.66. The molecule has 2 aromatic rings. The summed E-state index contributed by atoms with van der Waals surface area (Å²) in [5, 5.41) is 16.5. The first-order valence-corrected chi connectivity index (χ1v) is 8.70. The lowest BCUT2D eigenvalue weighted by Gasteiger charge is -2.14. The van der Waals surface area contributed by atoms with Crippen LogP contribution in [-0.4, -0.2) is 38.9 Å². The van der Waals surface area contributed by atoms with Gasteiger partial charge >= 0.3 is 0 Å². The number of benzene rings is 2. The average Bonchev–Trinajstić information content (AvgIpc) is 2.70. The van der Waals surface area contributed by atoms with Crippen molar-refractivity contribution in [1.82, 2.24) is 10.6 Å². The molecule has 28 heavy (non-hydrogen) atoms. The number of phenolic OH excluding ortho intramolecular Hbond substituents is 1. The number of aliphatic imine (C=N–C) groups is 1. The van der Waals surface area contributed by atoms with Crippen LogP contribution >= 0.6 is 24.0 Å². The number of nitrogens with one attached hydrogen (secondary N) is 2. The Labute approximate surface area is 183 Å². The monoisotopic (exact) mass is 501 g/mol. The van der Waals surface area contributed by atoms with Crippen LogP contribution in [0.1, 0.15) is 18.1 Å². The minimum atomic E-state index is 0. The zero-order chi connectivity index (χ0) is 19.6. The van der Waals surface area contributed by atoms with Gasteiger partial charge < -0.3 is 30.0 Å². The van der Waals surface area contributed by atoms with Crippen LogP contribution in [-0.2, 0) is 13.1 Å². The molecule has 2 aromatic carbocycles. The molecule has 154 valence electrons. The summed E-state index contributed by atoms with van der Waals surface area (Å²) in [5.74, 6) is 2.98. The van der Waals surface area contributed by atoms with E-state index < -0.39 is 0 Å². The molecule has 0 amide bonds. The third-order valence-corrected chi connectivity index (χ3v) is 3.98. The molecule has 0 heterocycles. The quantitative estimate of drug-likeness (QED) is 0.293. The minimum Gasteiger partial charge on any atom is -0.508 e. The molecule has 0 saturated carbocycles. The second kappa shape index (κ2) is 12.2. The molecule has 0 atom stereocenters. The summed E-state index contributed by atoms with van der Waals surface area (Å²) in [5.41, 5.74) is 1.67. The molecule has 2 rings (SSSR count). The highest BCUT2D eigenvalue weighted by Crippen LogP contribution is 2.25. The first-order chi connectivity index (χ1) is 13.1. The van der Waals surface area contributed by atoms with Crippen molar-refractivity contribution >= 4 is 29.9 Å². The fourth-order valence-electron chi connectivity index (χ4n) is 2.50. The summed E-state index contributed by atoms with van der Waals surface area (Å²) in [6, 6.07) is 10.8. The second-order valence-electron chi connectivity index (χ2n) is 5.72. The predicted octanol–water partition coefficient (Wildman–Crippen LogP) is 3.29. The molecule has 8 heteroatoms. The predicted molar refractivity (Wildman–Crippen MR) is 121 cm³/mol. The van der Waals surface area contributed by atoms with Gasteiger partial charge in [0.25, 0.3) is 0 Å². The van der Waals surface area contributed by atoms with Gasteiger partial charge in [0.1, 0.15) is 23.0 Å². The zero-order valence-corrected chi connectivity index (χ0v) is 18.9. The van der Waals surface area contributed by atoms with Gasteiger partial charge in [-0.2, -0.15) is 0 Å². The van der Waals surface area contributed by atoms with Gasteiger partial charge in [-0.25, -0.2) is 4.99 Å². The summed E-state index contributed by atoms with van der Waals surface area (Å²) < 4.78 is 15.8. The Morgan fingerprint density at radius 3 is 2.25 bits per heavy atom. The zero-order valence-electron chi connectivity index (χ0n) is 16.6. The lowest BCUT2D eigenvalue weighted by molar-refractivity contribution is 0.390. The summed E-state index contributed by atoms with van der Waals surface area (Å²) in [7, 11) is 4.84. The van der Waals surface area contributed by atoms with Crippen LogP contribution in [0.5, 0.6) is 23.0 Å². The molecule has 7 nitrogen and oxygen atoms in total. The van der Waals surface area contributed by atoms with Crippen LogP contribution in [0.15, 0.2) is 41.4 Å². The number of rotatable bonds is 8. The Morgan fingerprint density at radius 1 is 0.929 bits per heavy atom. The topological polar surface area (TPSA) is 84.3 Å². The molecule has 0 saturated heterocycles. The van der Waals surface area contributed by atoms with Crippen molar-refractivity contribution in [3.8, 4) is 23.0 Å². The van der Waals surface area contributed by atoms with Crippen LogP contribution in [0.25, 0.3) is 0 Å². The van der Waals surface area contributed by atoms with E-state index in [-0.39, 0.29) is 29.7 Å². The molecular weight excluding hydrogens is 473 g/mol. The minimum absolute atomic E-state index is 0. The van der Waals surface area contributed by atoms with Crippen molar-refractivity contribution in [2.75, 3.05) is 27.9 Å². The number of halogens is 1. The van der Waals surface area contributed by atoms with Crippen LogP contribution in [0.4, 0.5) is 0 Å². The molecule has 3 N–H and O–H groups in total. The molecule has 0 aliphatic rings. The Morgan fingerprint density at radius 2 is 1.61 bits per heavy atom. The van der Waals surface area contributed by atoms with Crippen molar-refractivity contribution in [3.05, 3.63) is 47.5 Å². The molecule has 0 bridgehead atoms. The normalized spacial score (nSPS) is 10.6. The van der Waals surface area contributed by atoms with Gasteiger partial charge in [-0.05, 0) is 37.3 Å². The Balaban J connectivity index is 0.00000392. The van der Waals surface area contributed by atoms with Gasteiger partial charge in [0.05, 0.1) is 27.9 Å². The second-order valence-corrected chi connectivity index (χ2v) is 5.72. The number of hydrogen-bond acceptors (Lipinski definition) is 5. The van der Waals surface area contributed by atoms with Crippen LogP contribution < -0.4 is 24.8 Å². The van der Waals surface area contributed by atoms with Gasteiger partial charge in [0.15, 0.2) is 5.96 Å². The van der Waals surface area contributed by atoms with E-state index >= 15 is 0 Å². The molecular formula is C20H28IN3O4. The lowest BCUT2D eigenvalue weighted by Crippen LogP contribution is -2.36. The van der Waals surface area contributed by atoms with Crippen LogP contribution in [0.2, 0.25) is 0 Å². The van der Waals surface area contributed by atoms with Gasteiger partial charge in [0.2, 0.25) is 0 Å². The van der Waals surface area contributed by atoms with E-state index in [9.17, 15) is 5.11 Å². The standard InChI is InChI=1S/C20H27N3O4.HI/c1-5-21-20(23-13-15-10-16(25-2)8-9-18(15)24)22-12-14-6-7-17(26-3)11-19(14)27-4;/h6-11,24H,5,12-13H2,1-4H3,(H2,21,22,23);1H. The molecule has 0 aliphatic heterocycles. The maximum absolute atomic E-state index is 10.0. The molecule has 0 radical (unpaired) electrons. The number of aromatic hydroxyl groups is 1. The van der Waals surface area contributed by atoms with E-state index in [1.54, 1.807) is 39.5 Å². The van der Waals surface area contributed by atoms with Crippen molar-refractivity contribution in [1.29, 1.82) is 0 Å². The Hall–Kier alpha value is -2.36. The fourth-order valence-corrected chi connectivity index (χ4v) is 2.50. The molecule has 0 fully saturated rings. The highest BCUT2D eigenvalue weighted by Gasteiger charge is 2.07. The number of methoxy groups -OCH3 is 3. The smallest absolute Gasteiger partial charge is 0.191 e. The SMILES string of the molecule is CCNC(=NCc1cc(OC)ccc1O)NCc1ccc(OC)cc1OC.I. The first-order valence-electron chi connectivity index (χ1n) is 8.70. The number of phenols is 1. The van der Waals surface area contributed by atoms with E-state index in [4.69, 9.17) is 14.2 Å². The maximum atomic E-state index is 10.0. The largest absolute Gasteiger partial charge is 0.508 e. The van der Waals surface area contributed by atoms with E-state index in [1.807, 2.05) is 25.1 Å². The van der Waals surface area contributed by atoms with Crippen molar-refractivity contribution in [2.45, 2.75) is 20.0 Å². The number of hydrogen-bond donors (Lipinski definition) is 3. The van der Waals surface area contributed by atoms with Crippen LogP contribution in [0.3, 0.4) is 0 Å². The van der Waals surface area contributed by atoms with Gasteiger partial charge in [-0.15, -0.1) is 24.0 Å². The summed E-state index contributed by atoms with van der Waals surface area (Å²) >= 11 is 0. The molecule has 0 unspecified atom stereocenters. The van der Waals surface area contributed by atoms with Gasteiger partial charge in [-0.1, -0.05) is 0 Å². The number of ether oxygens (including phenoxy) is 3. The summed E-state index contributed by atoms with van der Waals surface area (Å²) in [6.07, 6.45) is 0. The first kappa shape index (κ1) is 23.7. The van der Waals surface area contributed by atoms with Crippen molar-refractivity contribution in [2.24, 2.45) is 4.99 Å². The van der Waals surface area contributed by atoms with Gasteiger partial charge in [-0.3, -0.25) is 0 Å². The summed E-state index contributed by atoms with van der Waals surface area (Å²) in [4.78, 5) is 4.54. The van der Waals surface area contributed by atoms with Crippen molar-refractivity contribution < 1.29 is 19.3 Å². The van der Waals surface area contributed by atoms with E-state index in [1.165, 1.54) is 0 Å². The summed E-state index contributed by atoms with van der Waals surface area (Å²) in [6.45, 7) is 3.56. The van der Waals surface area contributed by atoms with E-state index in [2.05, 4.69) is 15.6 Å². The Bertz CT molecular complexity index is 784. The van der Waals surface area contributed by atoms with E-state index in [0.717, 1.165) is 23.6 Å². The highest BCUT2D eigenvalue weighted by atomic mass is 127. The number of guanidine groups is 1. The molecule has 0 aromatic heterocycles.